The van der Waals surface area contributed by atoms with Crippen LogP contribution in [-0.2, 0) is 9.59 Å². The molecule has 0 aromatic carbocycles. The molecule has 0 atom stereocenters. The highest BCUT2D eigenvalue weighted by molar-refractivity contribution is 8.17. The van der Waals surface area contributed by atoms with Gasteiger partial charge in [-0.05, 0) is 11.8 Å². The molecule has 5 heteroatoms. The molecule has 3 rings (SSSR count). The van der Waals surface area contributed by atoms with Crippen LogP contribution in [-0.4, -0.2) is 34.7 Å². The second-order valence-corrected chi connectivity index (χ2v) is 4.19. The molecule has 0 unspecified atom stereocenters. The number of hydrogen-bond acceptors (Lipinski definition) is 5. The van der Waals surface area contributed by atoms with E-state index in [4.69, 9.17) is 0 Å². The van der Waals surface area contributed by atoms with Crippen LogP contribution in [0.15, 0.2) is 27.7 Å². The molecule has 2 aliphatic heterocycles. The van der Waals surface area contributed by atoms with Crippen molar-refractivity contribution in [2.75, 3.05) is 13.1 Å². The van der Waals surface area contributed by atoms with Crippen molar-refractivity contribution in [3.05, 3.63) is 22.8 Å². The standard InChI is InChI=1S/C9H6N2O2S/c12-6-3-5-8(4-7(6)13)14-9-10-1-2-11(5)9/h3-4H,1-2H2. The number of hydrogen-bond donors (Lipinski definition) is 0. The summed E-state index contributed by atoms with van der Waals surface area (Å²) < 4.78 is 0. The van der Waals surface area contributed by atoms with Crippen molar-refractivity contribution in [1.82, 2.24) is 4.90 Å². The lowest BCUT2D eigenvalue weighted by Crippen LogP contribution is -2.23. The zero-order valence-corrected chi connectivity index (χ0v) is 8.00. The van der Waals surface area contributed by atoms with E-state index in [1.807, 2.05) is 4.90 Å². The normalized spacial score (nSPS) is 24.3. The molecule has 0 saturated carbocycles. The van der Waals surface area contributed by atoms with Crippen molar-refractivity contribution in [2.24, 2.45) is 4.99 Å². The first kappa shape index (κ1) is 7.99. The molecule has 2 heterocycles. The number of rotatable bonds is 0. The highest BCUT2D eigenvalue weighted by Crippen LogP contribution is 2.41. The number of carbonyl (C=O) groups is 2. The van der Waals surface area contributed by atoms with E-state index >= 15 is 0 Å². The van der Waals surface area contributed by atoms with E-state index in [-0.39, 0.29) is 0 Å². The second-order valence-electron chi connectivity index (χ2n) is 3.18. The topological polar surface area (TPSA) is 49.7 Å². The summed E-state index contributed by atoms with van der Waals surface area (Å²) >= 11 is 1.47. The minimum atomic E-state index is -0.433. The fraction of sp³-hybridized carbons (Fsp3) is 0.222. The summed E-state index contributed by atoms with van der Waals surface area (Å²) in [5, 5.41) is 0.907. The minimum Gasteiger partial charge on any atom is -0.318 e. The van der Waals surface area contributed by atoms with Gasteiger partial charge >= 0.3 is 0 Å². The Hall–Kier alpha value is -1.36. The lowest BCUT2D eigenvalue weighted by Gasteiger charge is -2.14. The van der Waals surface area contributed by atoms with Gasteiger partial charge in [0.2, 0.25) is 11.6 Å². The fourth-order valence-electron chi connectivity index (χ4n) is 1.66. The molecule has 0 aromatic heterocycles. The van der Waals surface area contributed by atoms with E-state index < -0.39 is 11.6 Å². The van der Waals surface area contributed by atoms with Crippen LogP contribution >= 0.6 is 11.8 Å². The molecule has 0 aromatic rings. The maximum Gasteiger partial charge on any atom is 0.227 e. The molecule has 0 bridgehead atoms. The first-order valence-corrected chi connectivity index (χ1v) is 5.09. The van der Waals surface area contributed by atoms with E-state index in [9.17, 15) is 9.59 Å². The summed E-state index contributed by atoms with van der Waals surface area (Å²) in [6.07, 6.45) is 2.82. The molecule has 4 nitrogen and oxygen atoms in total. The predicted octanol–water partition coefficient (Wildman–Crippen LogP) is 0.324. The van der Waals surface area contributed by atoms with Crippen molar-refractivity contribution < 1.29 is 9.59 Å². The summed E-state index contributed by atoms with van der Waals surface area (Å²) in [5.41, 5.74) is 0.843. The Labute approximate surface area is 84.4 Å². The highest BCUT2D eigenvalue weighted by atomic mass is 32.2. The maximum atomic E-state index is 11.2. The Balaban J connectivity index is 2.11. The van der Waals surface area contributed by atoms with Gasteiger partial charge < -0.3 is 4.90 Å². The third-order valence-electron chi connectivity index (χ3n) is 2.32. The summed E-state index contributed by atoms with van der Waals surface area (Å²) in [5.74, 6) is -0.865. The van der Waals surface area contributed by atoms with Crippen molar-refractivity contribution in [3.8, 4) is 0 Å². The first-order chi connectivity index (χ1) is 6.75. The molecule has 0 spiro atoms. The van der Waals surface area contributed by atoms with Crippen LogP contribution in [0.1, 0.15) is 0 Å². The number of aliphatic imine (C=N–C) groups is 1. The number of nitrogens with zero attached hydrogens (tertiary/aromatic N) is 2. The van der Waals surface area contributed by atoms with Gasteiger partial charge in [0, 0.05) is 23.6 Å². The Bertz CT molecular complexity index is 448. The van der Waals surface area contributed by atoms with Gasteiger partial charge in [-0.1, -0.05) is 0 Å². The van der Waals surface area contributed by atoms with Crippen LogP contribution in [0.2, 0.25) is 0 Å². The minimum absolute atomic E-state index is 0.432. The number of carbonyl (C=O) groups excluding carboxylic acids is 2. The van der Waals surface area contributed by atoms with Gasteiger partial charge in [0.1, 0.15) is 0 Å². The van der Waals surface area contributed by atoms with Crippen LogP contribution in [0.3, 0.4) is 0 Å². The van der Waals surface area contributed by atoms with Gasteiger partial charge in [0.05, 0.1) is 12.2 Å². The number of thioether (sulfide) groups is 1. The average Bonchev–Trinajstić information content (AvgIpc) is 2.68. The van der Waals surface area contributed by atoms with E-state index in [0.717, 1.165) is 28.9 Å². The number of fused-ring (bicyclic) bond motifs is 3. The smallest absolute Gasteiger partial charge is 0.227 e. The van der Waals surface area contributed by atoms with E-state index in [2.05, 4.69) is 4.99 Å². The van der Waals surface area contributed by atoms with Crippen LogP contribution in [0.4, 0.5) is 0 Å². The van der Waals surface area contributed by atoms with Gasteiger partial charge in [0.25, 0.3) is 0 Å². The van der Waals surface area contributed by atoms with Crippen molar-refractivity contribution >= 4 is 28.5 Å². The van der Waals surface area contributed by atoms with Gasteiger partial charge in [-0.3, -0.25) is 14.6 Å². The van der Waals surface area contributed by atoms with Crippen LogP contribution < -0.4 is 0 Å². The molecule has 1 aliphatic carbocycles. The van der Waals surface area contributed by atoms with E-state index in [0.29, 0.717) is 0 Å². The molecule has 1 fully saturated rings. The summed E-state index contributed by atoms with van der Waals surface area (Å²) in [6, 6.07) is 0. The summed E-state index contributed by atoms with van der Waals surface area (Å²) in [6.45, 7) is 1.59. The Morgan fingerprint density at radius 2 is 2.07 bits per heavy atom. The molecule has 1 saturated heterocycles. The quantitative estimate of drug-likeness (QED) is 0.423. The summed E-state index contributed by atoms with van der Waals surface area (Å²) in [7, 11) is 0. The van der Waals surface area contributed by atoms with Crippen LogP contribution in [0.5, 0.6) is 0 Å². The SMILES string of the molecule is O=C1C=C2SC3=NCCN3C2=CC1=O. The van der Waals surface area contributed by atoms with Crippen LogP contribution in [0.25, 0.3) is 0 Å². The molecule has 70 valence electrons. The van der Waals surface area contributed by atoms with Gasteiger partial charge in [0.15, 0.2) is 5.17 Å². The Morgan fingerprint density at radius 1 is 1.29 bits per heavy atom. The van der Waals surface area contributed by atoms with Crippen molar-refractivity contribution in [2.45, 2.75) is 0 Å². The number of ketones is 2. The third kappa shape index (κ3) is 0.928. The molecule has 0 radical (unpaired) electrons. The second kappa shape index (κ2) is 2.57. The monoisotopic (exact) mass is 206 g/mol. The summed E-state index contributed by atoms with van der Waals surface area (Å²) in [4.78, 5) is 29.4. The van der Waals surface area contributed by atoms with Gasteiger partial charge in [-0.25, -0.2) is 0 Å². The zero-order chi connectivity index (χ0) is 9.71. The van der Waals surface area contributed by atoms with Crippen molar-refractivity contribution in [1.29, 1.82) is 0 Å². The molecule has 14 heavy (non-hydrogen) atoms. The van der Waals surface area contributed by atoms with Crippen molar-refractivity contribution in [3.63, 3.8) is 0 Å². The molecular weight excluding hydrogens is 200 g/mol. The van der Waals surface area contributed by atoms with E-state index in [1.165, 1.54) is 23.9 Å². The Kier molecular flexibility index (Phi) is 1.47. The van der Waals surface area contributed by atoms with Gasteiger partial charge in [-0.2, -0.15) is 0 Å². The van der Waals surface area contributed by atoms with Gasteiger partial charge in [-0.15, -0.1) is 0 Å². The number of allylic oxidation sites excluding steroid dienone is 2. The van der Waals surface area contributed by atoms with E-state index in [1.54, 1.807) is 0 Å². The highest BCUT2D eigenvalue weighted by Gasteiger charge is 2.36. The molecule has 0 N–H and O–H groups in total. The maximum absolute atomic E-state index is 11.2. The predicted molar refractivity (Wildman–Crippen MR) is 52.8 cm³/mol. The molecule has 0 amide bonds. The third-order valence-corrected chi connectivity index (χ3v) is 3.40. The fourth-order valence-corrected chi connectivity index (χ4v) is 2.75. The first-order valence-electron chi connectivity index (χ1n) is 4.27. The largest absolute Gasteiger partial charge is 0.318 e. The lowest BCUT2D eigenvalue weighted by molar-refractivity contribution is -0.131. The molecule has 3 aliphatic rings. The Morgan fingerprint density at radius 3 is 2.93 bits per heavy atom. The average molecular weight is 206 g/mol. The molecular formula is C9H6N2O2S. The lowest BCUT2D eigenvalue weighted by atomic mass is 10.1. The number of amidine groups is 1. The zero-order valence-electron chi connectivity index (χ0n) is 7.19. The van der Waals surface area contributed by atoms with Crippen LogP contribution in [0, 0.1) is 0 Å².